The van der Waals surface area contributed by atoms with Crippen LogP contribution in [0.3, 0.4) is 0 Å². The number of aryl methyl sites for hydroxylation is 1. The van der Waals surface area contributed by atoms with E-state index in [2.05, 4.69) is 40.9 Å². The van der Waals surface area contributed by atoms with E-state index in [0.29, 0.717) is 6.04 Å². The molecule has 3 rings (SSSR count). The maximum Gasteiger partial charge on any atom is 0.149 e. The fourth-order valence-corrected chi connectivity index (χ4v) is 3.30. The van der Waals surface area contributed by atoms with Crippen molar-refractivity contribution in [3.8, 4) is 0 Å². The first kappa shape index (κ1) is 13.1. The van der Waals surface area contributed by atoms with Gasteiger partial charge in [0.2, 0.25) is 0 Å². The van der Waals surface area contributed by atoms with Gasteiger partial charge in [-0.15, -0.1) is 10.2 Å². The molecule has 1 fully saturated rings. The Balaban J connectivity index is 1.66. The summed E-state index contributed by atoms with van der Waals surface area (Å²) in [5, 5.41) is 12.3. The molecule has 19 heavy (non-hydrogen) atoms. The van der Waals surface area contributed by atoms with Crippen molar-refractivity contribution in [2.45, 2.75) is 70.7 Å². The molecule has 2 atom stereocenters. The fourth-order valence-electron chi connectivity index (χ4n) is 3.30. The quantitative estimate of drug-likeness (QED) is 0.905. The van der Waals surface area contributed by atoms with E-state index in [1.165, 1.54) is 6.42 Å². The second kappa shape index (κ2) is 4.87. The van der Waals surface area contributed by atoms with Crippen molar-refractivity contribution in [3.63, 3.8) is 0 Å². The Labute approximate surface area is 114 Å². The van der Waals surface area contributed by atoms with Crippen molar-refractivity contribution < 1.29 is 4.74 Å². The topological polar surface area (TPSA) is 52.0 Å². The molecule has 0 aliphatic carbocycles. The van der Waals surface area contributed by atoms with Gasteiger partial charge in [-0.05, 0) is 40.0 Å². The molecule has 0 aromatic carbocycles. The van der Waals surface area contributed by atoms with Crippen molar-refractivity contribution in [1.82, 2.24) is 20.1 Å². The number of aromatic nitrogens is 3. The smallest absolute Gasteiger partial charge is 0.149 e. The minimum atomic E-state index is -0.0115. The summed E-state index contributed by atoms with van der Waals surface area (Å²) in [5.74, 6) is 2.24. The van der Waals surface area contributed by atoms with E-state index in [1.54, 1.807) is 0 Å². The monoisotopic (exact) mass is 264 g/mol. The molecule has 1 saturated heterocycles. The van der Waals surface area contributed by atoms with Crippen LogP contribution < -0.4 is 5.32 Å². The molecule has 3 heterocycles. The van der Waals surface area contributed by atoms with Crippen molar-refractivity contribution in [1.29, 1.82) is 0 Å². The van der Waals surface area contributed by atoms with Crippen LogP contribution in [0.4, 0.5) is 0 Å². The molecule has 106 valence electrons. The first-order valence-electron chi connectivity index (χ1n) is 7.37. The lowest BCUT2D eigenvalue weighted by Crippen LogP contribution is -2.44. The van der Waals surface area contributed by atoms with Gasteiger partial charge in [0.05, 0.1) is 11.6 Å². The lowest BCUT2D eigenvalue weighted by molar-refractivity contribution is -0.0641. The van der Waals surface area contributed by atoms with Gasteiger partial charge in [-0.3, -0.25) is 0 Å². The Morgan fingerprint density at radius 2 is 2.26 bits per heavy atom. The van der Waals surface area contributed by atoms with Crippen LogP contribution >= 0.6 is 0 Å². The second-order valence-corrected chi connectivity index (χ2v) is 6.42. The first-order valence-corrected chi connectivity index (χ1v) is 7.37. The SMILES string of the molecule is CC(NC1CCOC(C)(C)C1)c1nnc2n1CCC2. The molecular weight excluding hydrogens is 240 g/mol. The largest absolute Gasteiger partial charge is 0.375 e. The highest BCUT2D eigenvalue weighted by Crippen LogP contribution is 2.26. The zero-order valence-electron chi connectivity index (χ0n) is 12.1. The second-order valence-electron chi connectivity index (χ2n) is 6.42. The van der Waals surface area contributed by atoms with Gasteiger partial charge >= 0.3 is 0 Å². The van der Waals surface area contributed by atoms with Gasteiger partial charge in [-0.2, -0.15) is 0 Å². The molecule has 1 N–H and O–H groups in total. The Kier molecular flexibility index (Phi) is 3.35. The van der Waals surface area contributed by atoms with Crippen molar-refractivity contribution >= 4 is 0 Å². The molecule has 5 heteroatoms. The average molecular weight is 264 g/mol. The highest BCUT2D eigenvalue weighted by atomic mass is 16.5. The molecule has 2 aliphatic heterocycles. The summed E-state index contributed by atoms with van der Waals surface area (Å²) in [6.45, 7) is 8.44. The normalized spacial score (nSPS) is 27.2. The zero-order valence-corrected chi connectivity index (χ0v) is 12.1. The third-order valence-electron chi connectivity index (χ3n) is 4.21. The number of ether oxygens (including phenoxy) is 1. The van der Waals surface area contributed by atoms with Gasteiger partial charge < -0.3 is 14.6 Å². The van der Waals surface area contributed by atoms with E-state index < -0.39 is 0 Å². The molecule has 5 nitrogen and oxygen atoms in total. The van der Waals surface area contributed by atoms with E-state index in [9.17, 15) is 0 Å². The van der Waals surface area contributed by atoms with Crippen LogP contribution in [0.15, 0.2) is 0 Å². The molecule has 0 amide bonds. The van der Waals surface area contributed by atoms with Gasteiger partial charge in [-0.25, -0.2) is 0 Å². The van der Waals surface area contributed by atoms with Crippen LogP contribution in [0.25, 0.3) is 0 Å². The molecule has 0 radical (unpaired) electrons. The third kappa shape index (κ3) is 2.67. The molecule has 0 bridgehead atoms. The lowest BCUT2D eigenvalue weighted by atomic mass is 9.93. The molecule has 2 aliphatic rings. The molecule has 1 aromatic heterocycles. The summed E-state index contributed by atoms with van der Waals surface area (Å²) in [4.78, 5) is 0. The van der Waals surface area contributed by atoms with Gasteiger partial charge in [0, 0.05) is 25.6 Å². The van der Waals surface area contributed by atoms with E-state index in [1.807, 2.05) is 0 Å². The fraction of sp³-hybridized carbons (Fsp3) is 0.857. The third-order valence-corrected chi connectivity index (χ3v) is 4.21. The van der Waals surface area contributed by atoms with Gasteiger partial charge in [0.15, 0.2) is 0 Å². The maximum absolute atomic E-state index is 5.77. The Hall–Kier alpha value is -0.940. The minimum absolute atomic E-state index is 0.0115. The standard InChI is InChI=1S/C14H24N4O/c1-10(13-17-16-12-5-4-7-18(12)13)15-11-6-8-19-14(2,3)9-11/h10-11,15H,4-9H2,1-3H3. The number of fused-ring (bicyclic) bond motifs is 1. The van der Waals surface area contributed by atoms with E-state index in [-0.39, 0.29) is 11.6 Å². The van der Waals surface area contributed by atoms with Crippen molar-refractivity contribution in [2.75, 3.05) is 6.61 Å². The van der Waals surface area contributed by atoms with E-state index >= 15 is 0 Å². The van der Waals surface area contributed by atoms with E-state index in [0.717, 1.165) is 44.1 Å². The number of nitrogens with zero attached hydrogens (tertiary/aromatic N) is 3. The predicted molar refractivity (Wildman–Crippen MR) is 72.9 cm³/mol. The highest BCUT2D eigenvalue weighted by Gasteiger charge is 2.30. The van der Waals surface area contributed by atoms with Crippen LogP contribution in [0.2, 0.25) is 0 Å². The summed E-state index contributed by atoms with van der Waals surface area (Å²) in [7, 11) is 0. The molecule has 1 aromatic rings. The van der Waals surface area contributed by atoms with E-state index in [4.69, 9.17) is 4.74 Å². The predicted octanol–water partition coefficient (Wildman–Crippen LogP) is 1.83. The summed E-state index contributed by atoms with van der Waals surface area (Å²) in [6, 6.07) is 0.770. The average Bonchev–Trinajstić information content (AvgIpc) is 2.88. The molecule has 0 saturated carbocycles. The maximum atomic E-state index is 5.77. The Morgan fingerprint density at radius 3 is 3.05 bits per heavy atom. The first-order chi connectivity index (χ1) is 9.05. The van der Waals surface area contributed by atoms with Crippen LogP contribution in [-0.2, 0) is 17.7 Å². The summed E-state index contributed by atoms with van der Waals surface area (Å²) < 4.78 is 8.05. The molecule has 0 spiro atoms. The summed E-state index contributed by atoms with van der Waals surface area (Å²) in [5.41, 5.74) is -0.0115. The van der Waals surface area contributed by atoms with Crippen LogP contribution in [0.5, 0.6) is 0 Å². The highest BCUT2D eigenvalue weighted by molar-refractivity contribution is 5.04. The zero-order chi connectivity index (χ0) is 13.5. The van der Waals surface area contributed by atoms with Crippen molar-refractivity contribution in [3.05, 3.63) is 11.6 Å². The van der Waals surface area contributed by atoms with Gasteiger partial charge in [0.1, 0.15) is 11.6 Å². The molecular formula is C14H24N4O. The minimum Gasteiger partial charge on any atom is -0.375 e. The number of hydrogen-bond acceptors (Lipinski definition) is 4. The number of rotatable bonds is 3. The summed E-state index contributed by atoms with van der Waals surface area (Å²) in [6.07, 6.45) is 4.41. The Morgan fingerprint density at radius 1 is 1.42 bits per heavy atom. The van der Waals surface area contributed by atoms with Gasteiger partial charge in [-0.1, -0.05) is 0 Å². The van der Waals surface area contributed by atoms with Crippen LogP contribution in [-0.4, -0.2) is 33.0 Å². The van der Waals surface area contributed by atoms with Crippen LogP contribution in [0.1, 0.15) is 57.7 Å². The van der Waals surface area contributed by atoms with Crippen LogP contribution in [0, 0.1) is 0 Å². The lowest BCUT2D eigenvalue weighted by Gasteiger charge is -2.37. The number of hydrogen-bond donors (Lipinski definition) is 1. The van der Waals surface area contributed by atoms with Crippen molar-refractivity contribution in [2.24, 2.45) is 0 Å². The number of nitrogens with one attached hydrogen (secondary N) is 1. The summed E-state index contributed by atoms with van der Waals surface area (Å²) >= 11 is 0. The Bertz CT molecular complexity index is 454. The van der Waals surface area contributed by atoms with Gasteiger partial charge in [0.25, 0.3) is 0 Å². The molecule has 2 unspecified atom stereocenters.